The summed E-state index contributed by atoms with van der Waals surface area (Å²) in [7, 11) is 14.0. The van der Waals surface area contributed by atoms with E-state index in [4.69, 9.17) is 0 Å². The van der Waals surface area contributed by atoms with Gasteiger partial charge in [-0.3, -0.25) is 25.0 Å². The number of nitrogens with one attached hydrogen (secondary N) is 6. The Kier molecular flexibility index (Phi) is 22.0. The number of imidazole rings is 1. The van der Waals surface area contributed by atoms with Crippen LogP contribution in [0.2, 0.25) is 0 Å². The van der Waals surface area contributed by atoms with E-state index in [0.717, 1.165) is 39.3 Å². The number of H-pyrrole nitrogens is 1. The maximum absolute atomic E-state index is 3.83. The Bertz CT molecular complexity index is 880. The highest BCUT2D eigenvalue weighted by Crippen LogP contribution is 1.88. The molecule has 0 bridgehead atoms. The summed E-state index contributed by atoms with van der Waals surface area (Å²) in [6, 6.07) is 1.89. The van der Waals surface area contributed by atoms with Crippen LogP contribution < -0.4 is 31.6 Å². The van der Waals surface area contributed by atoms with Crippen LogP contribution in [0.15, 0.2) is 59.8 Å². The van der Waals surface area contributed by atoms with Gasteiger partial charge in [-0.2, -0.15) is 15.2 Å². The van der Waals surface area contributed by atoms with Gasteiger partial charge in [-0.1, -0.05) is 11.3 Å². The van der Waals surface area contributed by atoms with Crippen LogP contribution in [-0.4, -0.2) is 146 Å². The number of hydrazine groups is 3. The fourth-order valence-corrected chi connectivity index (χ4v) is 3.39. The SMILES string of the molecule is CN1CC=CN1.CN1CCCN1.CN1CCNCC1.CN1CN=NN1.C[N+]1=CNCC1.C[n+]1cc[nH]c1.Cn1cccn1. The lowest BCUT2D eigenvalue weighted by molar-refractivity contribution is -0.670. The summed E-state index contributed by atoms with van der Waals surface area (Å²) in [4.78, 5) is 5.22. The van der Waals surface area contributed by atoms with E-state index in [1.165, 1.54) is 26.1 Å². The second-order valence-electron chi connectivity index (χ2n) is 10.3. The molecule has 0 radical (unpaired) electrons. The van der Waals surface area contributed by atoms with Crippen molar-refractivity contribution < 1.29 is 9.14 Å². The predicted molar refractivity (Wildman–Crippen MR) is 171 cm³/mol. The van der Waals surface area contributed by atoms with Gasteiger partial charge in [0.2, 0.25) is 12.7 Å². The average Bonchev–Trinajstić information content (AvgIpc) is 3.81. The van der Waals surface area contributed by atoms with Gasteiger partial charge in [-0.15, -0.1) is 0 Å². The first-order valence-corrected chi connectivity index (χ1v) is 14.7. The molecule has 0 saturated carbocycles. The molecule has 7 heterocycles. The predicted octanol–water partition coefficient (Wildman–Crippen LogP) is -1.42. The molecule has 16 nitrogen and oxygen atoms in total. The molecule has 2 aromatic rings. The van der Waals surface area contributed by atoms with Crippen molar-refractivity contribution in [1.29, 1.82) is 0 Å². The van der Waals surface area contributed by atoms with E-state index in [1.54, 1.807) is 15.9 Å². The van der Waals surface area contributed by atoms with Crippen LogP contribution >= 0.6 is 0 Å². The third-order valence-corrected chi connectivity index (χ3v) is 5.99. The van der Waals surface area contributed by atoms with Crippen molar-refractivity contribution in [3.8, 4) is 0 Å². The van der Waals surface area contributed by atoms with E-state index in [-0.39, 0.29) is 0 Å². The van der Waals surface area contributed by atoms with E-state index >= 15 is 0 Å². The highest BCUT2D eigenvalue weighted by molar-refractivity contribution is 5.49. The van der Waals surface area contributed by atoms with Crippen molar-refractivity contribution in [3.05, 3.63) is 49.5 Å². The molecule has 2 aromatic heterocycles. The molecule has 2 saturated heterocycles. The lowest BCUT2D eigenvalue weighted by Gasteiger charge is -2.21. The van der Waals surface area contributed by atoms with Gasteiger partial charge in [-0.25, -0.2) is 20.1 Å². The number of aromatic amines is 1. The molecule has 0 amide bonds. The number of aromatic nitrogens is 4. The molecule has 5 aliphatic rings. The van der Waals surface area contributed by atoms with Crippen LogP contribution in [0.25, 0.3) is 0 Å². The van der Waals surface area contributed by atoms with Crippen molar-refractivity contribution in [1.82, 2.24) is 61.7 Å². The summed E-state index contributed by atoms with van der Waals surface area (Å²) in [5, 5.41) is 23.1. The van der Waals surface area contributed by atoms with Crippen molar-refractivity contribution >= 4 is 6.34 Å². The second kappa shape index (κ2) is 25.1. The van der Waals surface area contributed by atoms with E-state index in [9.17, 15) is 0 Å². The zero-order chi connectivity index (χ0) is 31.5. The van der Waals surface area contributed by atoms with Crippen molar-refractivity contribution in [3.63, 3.8) is 0 Å². The molecule has 43 heavy (non-hydrogen) atoms. The summed E-state index contributed by atoms with van der Waals surface area (Å²) in [5.41, 5.74) is 8.74. The van der Waals surface area contributed by atoms with Gasteiger partial charge in [0.1, 0.15) is 32.2 Å². The molecule has 244 valence electrons. The van der Waals surface area contributed by atoms with Gasteiger partial charge >= 0.3 is 0 Å². The van der Waals surface area contributed by atoms with Crippen LogP contribution in [0.3, 0.4) is 0 Å². The number of hydrogen-bond donors (Lipinski definition) is 6. The first-order chi connectivity index (χ1) is 20.8. The van der Waals surface area contributed by atoms with Gasteiger partial charge in [0.15, 0.2) is 0 Å². The molecular formula is C27H58N16+2. The molecule has 6 N–H and O–H groups in total. The fourth-order valence-electron chi connectivity index (χ4n) is 3.39. The molecule has 0 atom stereocenters. The second-order valence-corrected chi connectivity index (χ2v) is 10.3. The number of piperazine rings is 1. The largest absolute Gasteiger partial charge is 0.326 e. The first kappa shape index (κ1) is 37.6. The zero-order valence-corrected chi connectivity index (χ0v) is 27.4. The zero-order valence-electron chi connectivity index (χ0n) is 27.4. The smallest absolute Gasteiger partial charge is 0.241 e. The average molecular weight is 607 g/mol. The molecular weight excluding hydrogens is 548 g/mol. The maximum Gasteiger partial charge on any atom is 0.241 e. The molecule has 0 aliphatic carbocycles. The quantitative estimate of drug-likeness (QED) is 0.198. The normalized spacial score (nSPS) is 18.9. The standard InChI is InChI=1S/C5H12N2.C4H8N2.C4H6N2.C4H10N2.C4H8N2.C4H6N2.C2H6N4/c1-7-4-2-6-3-5-7;2*1-6-3-2-5-4-6;3*1-6-4-2-3-5-6;1-6-2-3-4-5-6/h6H,2-5H2,1H3;4H,2-3H2,1H3;2-4H,1H3;5H,2-4H2,1H3;2-3,5H,4H2,1H3;2-4H,1H3;2H2,1H3,(H,3,5)/p+2. The van der Waals surface area contributed by atoms with E-state index in [2.05, 4.69) is 89.1 Å². The van der Waals surface area contributed by atoms with Crippen LogP contribution in [0.1, 0.15) is 6.42 Å². The van der Waals surface area contributed by atoms with Crippen LogP contribution in [0.5, 0.6) is 0 Å². The van der Waals surface area contributed by atoms with Crippen molar-refractivity contribution in [2.24, 2.45) is 24.4 Å². The molecule has 0 spiro atoms. The Morgan fingerprint density at radius 1 is 0.884 bits per heavy atom. The number of nitrogens with zero attached hydrogens (tertiary/aromatic N) is 10. The highest BCUT2D eigenvalue weighted by Gasteiger charge is 2.02. The molecule has 0 aromatic carbocycles. The molecule has 2 fully saturated rings. The molecule has 7 rings (SSSR count). The summed E-state index contributed by atoms with van der Waals surface area (Å²) in [6.45, 7) is 11.1. The Labute approximate surface area is 258 Å². The minimum Gasteiger partial charge on any atom is -0.326 e. The summed E-state index contributed by atoms with van der Waals surface area (Å²) >= 11 is 0. The van der Waals surface area contributed by atoms with Crippen molar-refractivity contribution in [2.75, 3.05) is 101 Å². The molecule has 5 aliphatic heterocycles. The van der Waals surface area contributed by atoms with Gasteiger partial charge in [0, 0.05) is 92.6 Å². The number of hydrogen-bond acceptors (Lipinski definition) is 12. The fraction of sp³-hybridized carbons (Fsp3) is 0.667. The number of rotatable bonds is 0. The summed E-state index contributed by atoms with van der Waals surface area (Å²) < 4.78 is 5.82. The van der Waals surface area contributed by atoms with Gasteiger partial charge in [0.05, 0.1) is 14.1 Å². The number of aryl methyl sites for hydroxylation is 2. The lowest BCUT2D eigenvalue weighted by Crippen LogP contribution is -2.40. The molecule has 16 heteroatoms. The van der Waals surface area contributed by atoms with E-state index < -0.39 is 0 Å². The van der Waals surface area contributed by atoms with Crippen molar-refractivity contribution in [2.45, 2.75) is 6.42 Å². The third kappa shape index (κ3) is 23.8. The van der Waals surface area contributed by atoms with Crippen LogP contribution in [0.4, 0.5) is 0 Å². The Hall–Kier alpha value is -3.41. The maximum atomic E-state index is 3.83. The summed E-state index contributed by atoms with van der Waals surface area (Å²) in [6.07, 6.45) is 16.6. The highest BCUT2D eigenvalue weighted by atomic mass is 15.8. The topological polar surface area (TPSA) is 138 Å². The van der Waals surface area contributed by atoms with Crippen LogP contribution in [-0.2, 0) is 14.1 Å². The Balaban J connectivity index is 0.000000251. The van der Waals surface area contributed by atoms with Crippen LogP contribution in [0, 0.1) is 0 Å². The minimum atomic E-state index is 0.667. The van der Waals surface area contributed by atoms with E-state index in [1.807, 2.05) is 81.3 Å². The van der Waals surface area contributed by atoms with Gasteiger partial charge < -0.3 is 15.6 Å². The third-order valence-electron chi connectivity index (χ3n) is 5.99. The summed E-state index contributed by atoms with van der Waals surface area (Å²) in [5.74, 6) is 0. The van der Waals surface area contributed by atoms with Gasteiger partial charge in [-0.05, 0) is 19.5 Å². The first-order valence-electron chi connectivity index (χ1n) is 14.7. The number of likely N-dealkylation sites (N-methyl/N-ethyl adjacent to an activating group) is 3. The minimum absolute atomic E-state index is 0.667. The Morgan fingerprint density at radius 3 is 1.86 bits per heavy atom. The van der Waals surface area contributed by atoms with E-state index in [0.29, 0.717) is 6.67 Å². The van der Waals surface area contributed by atoms with Gasteiger partial charge in [0.25, 0.3) is 0 Å². The monoisotopic (exact) mass is 607 g/mol. The lowest BCUT2D eigenvalue weighted by atomic mass is 10.4. The Morgan fingerprint density at radius 2 is 1.67 bits per heavy atom. The molecule has 0 unspecified atom stereocenters.